The number of alkyl halides is 1. The monoisotopic (exact) mass is 338 g/mol. The summed E-state index contributed by atoms with van der Waals surface area (Å²) in [5.41, 5.74) is 2.01. The maximum absolute atomic E-state index is 5.86. The number of hydrogen-bond donors (Lipinski definition) is 0. The van der Waals surface area contributed by atoms with Crippen molar-refractivity contribution in [1.82, 2.24) is 9.78 Å². The van der Waals surface area contributed by atoms with Crippen LogP contribution in [0.5, 0.6) is 11.5 Å². The van der Waals surface area contributed by atoms with E-state index in [1.807, 2.05) is 35.1 Å². The SMILES string of the molecule is COc1ccc(CBr)c(OCc2ccn(C(C)C)n2)c1. The molecule has 1 heterocycles. The quantitative estimate of drug-likeness (QED) is 0.748. The van der Waals surface area contributed by atoms with Crippen LogP contribution < -0.4 is 9.47 Å². The van der Waals surface area contributed by atoms with Crippen molar-refractivity contribution in [2.45, 2.75) is 31.8 Å². The molecule has 0 saturated heterocycles. The first-order valence-electron chi connectivity index (χ1n) is 6.53. The van der Waals surface area contributed by atoms with Crippen molar-refractivity contribution in [2.75, 3.05) is 7.11 Å². The molecule has 0 aliphatic rings. The molecule has 4 nitrogen and oxygen atoms in total. The maximum Gasteiger partial charge on any atom is 0.132 e. The third-order valence-corrected chi connectivity index (χ3v) is 3.59. The van der Waals surface area contributed by atoms with Crippen LogP contribution in [0.4, 0.5) is 0 Å². The van der Waals surface area contributed by atoms with Crippen molar-refractivity contribution in [3.05, 3.63) is 41.7 Å². The minimum Gasteiger partial charge on any atom is -0.497 e. The molecule has 1 aromatic carbocycles. The zero-order chi connectivity index (χ0) is 14.5. The number of aromatic nitrogens is 2. The first kappa shape index (κ1) is 14.9. The average Bonchev–Trinajstić information content (AvgIpc) is 2.93. The molecule has 0 radical (unpaired) electrons. The Kier molecular flexibility index (Phi) is 5.06. The Morgan fingerprint density at radius 3 is 2.70 bits per heavy atom. The van der Waals surface area contributed by atoms with Crippen LogP contribution in [0.15, 0.2) is 30.5 Å². The van der Waals surface area contributed by atoms with Crippen LogP contribution >= 0.6 is 15.9 Å². The van der Waals surface area contributed by atoms with Gasteiger partial charge in [-0.15, -0.1) is 0 Å². The van der Waals surface area contributed by atoms with Crippen molar-refractivity contribution < 1.29 is 9.47 Å². The van der Waals surface area contributed by atoms with E-state index in [9.17, 15) is 0 Å². The molecule has 0 unspecified atom stereocenters. The maximum atomic E-state index is 5.86. The van der Waals surface area contributed by atoms with E-state index in [0.29, 0.717) is 12.6 Å². The molecule has 5 heteroatoms. The van der Waals surface area contributed by atoms with E-state index in [-0.39, 0.29) is 0 Å². The van der Waals surface area contributed by atoms with E-state index in [0.717, 1.165) is 28.1 Å². The molecule has 0 atom stereocenters. The molecule has 108 valence electrons. The van der Waals surface area contributed by atoms with Gasteiger partial charge in [-0.05, 0) is 26.0 Å². The van der Waals surface area contributed by atoms with Gasteiger partial charge in [0, 0.05) is 29.2 Å². The third-order valence-electron chi connectivity index (χ3n) is 2.99. The van der Waals surface area contributed by atoms with E-state index < -0.39 is 0 Å². The highest BCUT2D eigenvalue weighted by molar-refractivity contribution is 9.08. The van der Waals surface area contributed by atoms with Crippen LogP contribution in [0.1, 0.15) is 31.1 Å². The van der Waals surface area contributed by atoms with Crippen LogP contribution in [0.3, 0.4) is 0 Å². The molecular formula is C15H19BrN2O2. The molecule has 0 saturated carbocycles. The topological polar surface area (TPSA) is 36.3 Å². The smallest absolute Gasteiger partial charge is 0.132 e. The van der Waals surface area contributed by atoms with Gasteiger partial charge >= 0.3 is 0 Å². The molecule has 2 aromatic rings. The van der Waals surface area contributed by atoms with Gasteiger partial charge in [0.2, 0.25) is 0 Å². The highest BCUT2D eigenvalue weighted by atomic mass is 79.9. The molecule has 0 aliphatic heterocycles. The van der Waals surface area contributed by atoms with Gasteiger partial charge in [0.1, 0.15) is 18.1 Å². The Morgan fingerprint density at radius 2 is 2.10 bits per heavy atom. The Hall–Kier alpha value is -1.49. The summed E-state index contributed by atoms with van der Waals surface area (Å²) in [5, 5.41) is 5.21. The van der Waals surface area contributed by atoms with Crippen LogP contribution in [-0.2, 0) is 11.9 Å². The van der Waals surface area contributed by atoms with E-state index in [4.69, 9.17) is 9.47 Å². The lowest BCUT2D eigenvalue weighted by Crippen LogP contribution is -2.04. The van der Waals surface area contributed by atoms with Crippen molar-refractivity contribution in [3.63, 3.8) is 0 Å². The summed E-state index contributed by atoms with van der Waals surface area (Å²) in [5.74, 6) is 1.61. The number of hydrogen-bond acceptors (Lipinski definition) is 3. The molecule has 2 rings (SSSR count). The number of rotatable bonds is 6. The van der Waals surface area contributed by atoms with Gasteiger partial charge in [-0.1, -0.05) is 22.0 Å². The normalized spacial score (nSPS) is 10.8. The minimum atomic E-state index is 0.360. The fourth-order valence-electron chi connectivity index (χ4n) is 1.80. The van der Waals surface area contributed by atoms with Crippen molar-refractivity contribution in [1.29, 1.82) is 0 Å². The van der Waals surface area contributed by atoms with Gasteiger partial charge in [0.05, 0.1) is 12.8 Å². The number of halogens is 1. The molecule has 20 heavy (non-hydrogen) atoms. The summed E-state index contributed by atoms with van der Waals surface area (Å²) in [4.78, 5) is 0. The molecule has 0 spiro atoms. The second kappa shape index (κ2) is 6.79. The van der Waals surface area contributed by atoms with Gasteiger partial charge in [0.15, 0.2) is 0 Å². The first-order chi connectivity index (χ1) is 9.63. The molecule has 0 aliphatic carbocycles. The fourth-order valence-corrected chi connectivity index (χ4v) is 2.26. The van der Waals surface area contributed by atoms with Gasteiger partial charge in [-0.2, -0.15) is 5.10 Å². The molecule has 0 amide bonds. The van der Waals surface area contributed by atoms with E-state index >= 15 is 0 Å². The lowest BCUT2D eigenvalue weighted by atomic mass is 10.2. The summed E-state index contributed by atoms with van der Waals surface area (Å²) in [6, 6.07) is 8.16. The summed E-state index contributed by atoms with van der Waals surface area (Å²) in [6.07, 6.45) is 1.97. The predicted molar refractivity (Wildman–Crippen MR) is 82.6 cm³/mol. The Balaban J connectivity index is 2.09. The lowest BCUT2D eigenvalue weighted by molar-refractivity contribution is 0.294. The van der Waals surface area contributed by atoms with Gasteiger partial charge in [0.25, 0.3) is 0 Å². The summed E-state index contributed by atoms with van der Waals surface area (Å²) < 4.78 is 13.0. The Labute approximate surface area is 127 Å². The summed E-state index contributed by atoms with van der Waals surface area (Å²) in [7, 11) is 1.65. The first-order valence-corrected chi connectivity index (χ1v) is 7.66. The zero-order valence-electron chi connectivity index (χ0n) is 12.0. The Bertz CT molecular complexity index is 567. The van der Waals surface area contributed by atoms with Crippen LogP contribution in [0, 0.1) is 0 Å². The Morgan fingerprint density at radius 1 is 1.30 bits per heavy atom. The molecule has 0 fully saturated rings. The van der Waals surface area contributed by atoms with Crippen molar-refractivity contribution >= 4 is 15.9 Å². The van der Waals surface area contributed by atoms with Gasteiger partial charge < -0.3 is 9.47 Å². The number of benzene rings is 1. The number of methoxy groups -OCH3 is 1. The van der Waals surface area contributed by atoms with Crippen molar-refractivity contribution in [3.8, 4) is 11.5 Å². The fraction of sp³-hybridized carbons (Fsp3) is 0.400. The minimum absolute atomic E-state index is 0.360. The average molecular weight is 339 g/mol. The standard InChI is InChI=1S/C15H19BrN2O2/c1-11(2)18-7-6-13(17-18)10-20-15-8-14(19-3)5-4-12(15)9-16/h4-8,11H,9-10H2,1-3H3. The number of ether oxygens (including phenoxy) is 2. The largest absolute Gasteiger partial charge is 0.497 e. The molecule has 0 bridgehead atoms. The summed E-state index contributed by atoms with van der Waals surface area (Å²) >= 11 is 3.46. The van der Waals surface area contributed by atoms with E-state index in [1.165, 1.54) is 0 Å². The van der Waals surface area contributed by atoms with Crippen molar-refractivity contribution in [2.24, 2.45) is 0 Å². The van der Waals surface area contributed by atoms with Gasteiger partial charge in [-0.3, -0.25) is 4.68 Å². The molecular weight excluding hydrogens is 320 g/mol. The third kappa shape index (κ3) is 3.54. The predicted octanol–water partition coefficient (Wildman–Crippen LogP) is 3.95. The number of nitrogens with zero attached hydrogens (tertiary/aromatic N) is 2. The van der Waals surface area contributed by atoms with E-state index in [1.54, 1.807) is 7.11 Å². The van der Waals surface area contributed by atoms with Crippen LogP contribution in [0.25, 0.3) is 0 Å². The zero-order valence-corrected chi connectivity index (χ0v) is 13.6. The van der Waals surface area contributed by atoms with E-state index in [2.05, 4.69) is 34.9 Å². The molecule has 1 aromatic heterocycles. The van der Waals surface area contributed by atoms with Crippen LogP contribution in [-0.4, -0.2) is 16.9 Å². The highest BCUT2D eigenvalue weighted by Gasteiger charge is 2.07. The van der Waals surface area contributed by atoms with Gasteiger partial charge in [-0.25, -0.2) is 0 Å². The molecule has 0 N–H and O–H groups in total. The summed E-state index contributed by atoms with van der Waals surface area (Å²) in [6.45, 7) is 4.65. The lowest BCUT2D eigenvalue weighted by Gasteiger charge is -2.11. The van der Waals surface area contributed by atoms with Crippen LogP contribution in [0.2, 0.25) is 0 Å². The second-order valence-corrected chi connectivity index (χ2v) is 5.34. The highest BCUT2D eigenvalue weighted by Crippen LogP contribution is 2.27. The second-order valence-electron chi connectivity index (χ2n) is 4.78.